The quantitative estimate of drug-likeness (QED) is 0.913. The van der Waals surface area contributed by atoms with Crippen LogP contribution in [0, 0.1) is 19.8 Å². The second kappa shape index (κ2) is 5.19. The van der Waals surface area contributed by atoms with Gasteiger partial charge in [0.2, 0.25) is 0 Å². The Kier molecular flexibility index (Phi) is 3.78. The van der Waals surface area contributed by atoms with Crippen LogP contribution in [0.1, 0.15) is 50.9 Å². The zero-order valence-corrected chi connectivity index (χ0v) is 12.6. The van der Waals surface area contributed by atoms with Gasteiger partial charge in [0.25, 0.3) is 0 Å². The van der Waals surface area contributed by atoms with Crippen LogP contribution in [0.2, 0.25) is 0 Å². The molecule has 0 saturated carbocycles. The molecule has 0 saturated heterocycles. The minimum Gasteiger partial charge on any atom is -0.383 e. The number of nitrogens with zero attached hydrogens (tertiary/aromatic N) is 3. The molecule has 0 bridgehead atoms. The van der Waals surface area contributed by atoms with Crippen molar-refractivity contribution in [2.24, 2.45) is 5.92 Å². The summed E-state index contributed by atoms with van der Waals surface area (Å²) in [5.74, 6) is 1.31. The topological polar surface area (TPSA) is 56.7 Å². The first-order valence-electron chi connectivity index (χ1n) is 7.01. The third-order valence-corrected chi connectivity index (χ3v) is 3.97. The van der Waals surface area contributed by atoms with Gasteiger partial charge in [-0.15, -0.1) is 0 Å². The molecule has 2 heterocycles. The van der Waals surface area contributed by atoms with Gasteiger partial charge < -0.3 is 10.3 Å². The van der Waals surface area contributed by atoms with Crippen LogP contribution in [0.4, 0.5) is 5.82 Å². The monoisotopic (exact) mass is 260 g/mol. The van der Waals surface area contributed by atoms with E-state index in [0.717, 1.165) is 23.4 Å². The van der Waals surface area contributed by atoms with E-state index >= 15 is 0 Å². The molecule has 0 aliphatic heterocycles. The Morgan fingerprint density at radius 2 is 1.84 bits per heavy atom. The fourth-order valence-electron chi connectivity index (χ4n) is 2.70. The fraction of sp³-hybridized carbons (Fsp3) is 0.600. The summed E-state index contributed by atoms with van der Waals surface area (Å²) in [6, 6.07) is 0.438. The summed E-state index contributed by atoms with van der Waals surface area (Å²) in [5, 5.41) is 1.01. The summed E-state index contributed by atoms with van der Waals surface area (Å²) >= 11 is 0. The van der Waals surface area contributed by atoms with Crippen LogP contribution < -0.4 is 5.73 Å². The van der Waals surface area contributed by atoms with Crippen LogP contribution in [0.5, 0.6) is 0 Å². The number of aryl methyl sites for hydroxylation is 1. The number of nitrogen functional groups attached to an aromatic ring is 1. The highest BCUT2D eigenvalue weighted by Crippen LogP contribution is 2.31. The van der Waals surface area contributed by atoms with E-state index in [0.29, 0.717) is 11.9 Å². The number of anilines is 1. The predicted octanol–water partition coefficient (Wildman–Crippen LogP) is 3.63. The van der Waals surface area contributed by atoms with Gasteiger partial charge in [-0.25, -0.2) is 9.97 Å². The number of aromatic nitrogens is 3. The molecule has 2 rings (SSSR count). The highest BCUT2D eigenvalue weighted by atomic mass is 15.1. The van der Waals surface area contributed by atoms with Gasteiger partial charge in [-0.3, -0.25) is 0 Å². The van der Waals surface area contributed by atoms with Crippen molar-refractivity contribution in [3.8, 4) is 0 Å². The standard InChI is InChI=1S/C15H24N4/c1-9(2)6-7-10(3)19-12(5)11(4)13-14(16)17-8-18-15(13)19/h8-10H,6-7H2,1-5H3,(H2,16,17,18). The van der Waals surface area contributed by atoms with Crippen molar-refractivity contribution in [3.63, 3.8) is 0 Å². The van der Waals surface area contributed by atoms with Crippen LogP contribution >= 0.6 is 0 Å². The second-order valence-electron chi connectivity index (χ2n) is 5.86. The summed E-state index contributed by atoms with van der Waals surface area (Å²) in [4.78, 5) is 8.55. The molecule has 4 nitrogen and oxygen atoms in total. The molecule has 0 radical (unpaired) electrons. The molecule has 104 valence electrons. The molecular formula is C15H24N4. The SMILES string of the molecule is Cc1c(C)n(C(C)CCC(C)C)c2ncnc(N)c12. The molecule has 1 unspecified atom stereocenters. The minimum atomic E-state index is 0.438. The zero-order valence-electron chi connectivity index (χ0n) is 12.6. The molecule has 0 spiro atoms. The molecule has 19 heavy (non-hydrogen) atoms. The second-order valence-corrected chi connectivity index (χ2v) is 5.86. The zero-order chi connectivity index (χ0) is 14.2. The minimum absolute atomic E-state index is 0.438. The maximum Gasteiger partial charge on any atom is 0.146 e. The Morgan fingerprint density at radius 1 is 1.16 bits per heavy atom. The van der Waals surface area contributed by atoms with Crippen LogP contribution in [0.3, 0.4) is 0 Å². The molecule has 2 aromatic rings. The van der Waals surface area contributed by atoms with E-state index in [4.69, 9.17) is 5.73 Å². The first-order valence-corrected chi connectivity index (χ1v) is 7.01. The van der Waals surface area contributed by atoms with E-state index in [1.54, 1.807) is 6.33 Å². The third-order valence-electron chi connectivity index (χ3n) is 3.97. The van der Waals surface area contributed by atoms with Crippen LogP contribution in [0.25, 0.3) is 11.0 Å². The number of rotatable bonds is 4. The van der Waals surface area contributed by atoms with Crippen molar-refractivity contribution in [2.75, 3.05) is 5.73 Å². The first kappa shape index (κ1) is 13.8. The smallest absolute Gasteiger partial charge is 0.146 e. The lowest BCUT2D eigenvalue weighted by atomic mass is 10.0. The van der Waals surface area contributed by atoms with Gasteiger partial charge in [0, 0.05) is 11.7 Å². The largest absolute Gasteiger partial charge is 0.383 e. The van der Waals surface area contributed by atoms with Crippen LogP contribution in [-0.4, -0.2) is 14.5 Å². The third kappa shape index (κ3) is 2.44. The Morgan fingerprint density at radius 3 is 2.47 bits per heavy atom. The number of fused-ring (bicyclic) bond motifs is 1. The lowest BCUT2D eigenvalue weighted by molar-refractivity contribution is 0.441. The summed E-state index contributed by atoms with van der Waals surface area (Å²) in [6.45, 7) is 11.0. The van der Waals surface area contributed by atoms with E-state index < -0.39 is 0 Å². The van der Waals surface area contributed by atoms with E-state index in [-0.39, 0.29) is 0 Å². The normalized spacial score (nSPS) is 13.4. The van der Waals surface area contributed by atoms with Gasteiger partial charge in [-0.2, -0.15) is 0 Å². The van der Waals surface area contributed by atoms with Crippen LogP contribution in [0.15, 0.2) is 6.33 Å². The van der Waals surface area contributed by atoms with Gasteiger partial charge >= 0.3 is 0 Å². The van der Waals surface area contributed by atoms with Gasteiger partial charge in [0.1, 0.15) is 17.8 Å². The molecular weight excluding hydrogens is 236 g/mol. The van der Waals surface area contributed by atoms with Crippen molar-refractivity contribution in [1.29, 1.82) is 0 Å². The molecule has 4 heteroatoms. The maximum atomic E-state index is 6.00. The van der Waals surface area contributed by atoms with Crippen molar-refractivity contribution in [3.05, 3.63) is 17.6 Å². The molecule has 0 fully saturated rings. The van der Waals surface area contributed by atoms with Gasteiger partial charge in [-0.05, 0) is 45.1 Å². The van der Waals surface area contributed by atoms with Crippen molar-refractivity contribution in [1.82, 2.24) is 14.5 Å². The lowest BCUT2D eigenvalue weighted by Crippen LogP contribution is -2.09. The summed E-state index contributed by atoms with van der Waals surface area (Å²) in [6.07, 6.45) is 3.94. The van der Waals surface area contributed by atoms with Crippen LogP contribution in [-0.2, 0) is 0 Å². The molecule has 1 atom stereocenters. The number of nitrogens with two attached hydrogens (primary N) is 1. The predicted molar refractivity (Wildman–Crippen MR) is 80.2 cm³/mol. The Hall–Kier alpha value is -1.58. The number of hydrogen-bond donors (Lipinski definition) is 1. The lowest BCUT2D eigenvalue weighted by Gasteiger charge is -2.18. The molecule has 0 amide bonds. The molecule has 0 aliphatic rings. The first-order chi connectivity index (χ1) is 8.93. The average molecular weight is 260 g/mol. The van der Waals surface area contributed by atoms with E-state index in [1.807, 2.05) is 0 Å². The van der Waals surface area contributed by atoms with Crippen molar-refractivity contribution >= 4 is 16.9 Å². The Bertz CT molecular complexity index is 583. The molecule has 2 aromatic heterocycles. The highest BCUT2D eigenvalue weighted by molar-refractivity contribution is 5.90. The summed E-state index contributed by atoms with van der Waals surface area (Å²) in [5.41, 5.74) is 9.42. The fourth-order valence-corrected chi connectivity index (χ4v) is 2.70. The van der Waals surface area contributed by atoms with Gasteiger partial charge in [0.15, 0.2) is 0 Å². The van der Waals surface area contributed by atoms with E-state index in [2.05, 4.69) is 49.2 Å². The molecule has 0 aliphatic carbocycles. The van der Waals surface area contributed by atoms with E-state index in [9.17, 15) is 0 Å². The average Bonchev–Trinajstić information content (AvgIpc) is 2.60. The van der Waals surface area contributed by atoms with E-state index in [1.165, 1.54) is 17.7 Å². The Balaban J connectivity index is 2.48. The van der Waals surface area contributed by atoms with Crippen molar-refractivity contribution < 1.29 is 0 Å². The maximum absolute atomic E-state index is 6.00. The highest BCUT2D eigenvalue weighted by Gasteiger charge is 2.18. The van der Waals surface area contributed by atoms with Gasteiger partial charge in [0.05, 0.1) is 5.39 Å². The number of hydrogen-bond acceptors (Lipinski definition) is 3. The Labute approximate surface area is 115 Å². The summed E-state index contributed by atoms with van der Waals surface area (Å²) in [7, 11) is 0. The van der Waals surface area contributed by atoms with Crippen molar-refractivity contribution in [2.45, 2.75) is 53.5 Å². The molecule has 2 N–H and O–H groups in total. The van der Waals surface area contributed by atoms with Gasteiger partial charge in [-0.1, -0.05) is 13.8 Å². The summed E-state index contributed by atoms with van der Waals surface area (Å²) < 4.78 is 2.31. The molecule has 0 aromatic carbocycles.